The molecule has 0 spiro atoms. The van der Waals surface area contributed by atoms with Crippen LogP contribution in [0.2, 0.25) is 0 Å². The summed E-state index contributed by atoms with van der Waals surface area (Å²) in [7, 11) is 2.30. The quantitative estimate of drug-likeness (QED) is 0.784. The molecule has 1 saturated heterocycles. The summed E-state index contributed by atoms with van der Waals surface area (Å²) in [5.41, 5.74) is 0.161. The van der Waals surface area contributed by atoms with E-state index in [4.69, 9.17) is 0 Å². The molecule has 1 aromatic rings. The van der Waals surface area contributed by atoms with Crippen LogP contribution in [-0.2, 0) is 10.0 Å². The minimum Gasteiger partial charge on any atom is -0.350 e. The molecule has 0 bridgehead atoms. The van der Waals surface area contributed by atoms with Crippen molar-refractivity contribution in [1.29, 1.82) is 0 Å². The van der Waals surface area contributed by atoms with Gasteiger partial charge in [0.25, 0.3) is 5.91 Å². The first-order valence-corrected chi connectivity index (χ1v) is 10.2. The number of likely N-dealkylation sites (N-methyl/N-ethyl adjacent to an activating group) is 2. The van der Waals surface area contributed by atoms with Crippen LogP contribution in [0.5, 0.6) is 0 Å². The highest BCUT2D eigenvalue weighted by atomic mass is 32.2. The Morgan fingerprint density at radius 1 is 1.19 bits per heavy atom. The molecule has 146 valence electrons. The van der Waals surface area contributed by atoms with Crippen molar-refractivity contribution in [2.24, 2.45) is 0 Å². The molecule has 26 heavy (non-hydrogen) atoms. The van der Waals surface area contributed by atoms with Gasteiger partial charge in [-0.3, -0.25) is 4.79 Å². The Balaban J connectivity index is 2.13. The van der Waals surface area contributed by atoms with E-state index in [1.54, 1.807) is 18.2 Å². The smallest absolute Gasteiger partial charge is 0.251 e. The summed E-state index contributed by atoms with van der Waals surface area (Å²) in [4.78, 5) is 16.8. The normalized spacial score (nSPS) is 17.5. The van der Waals surface area contributed by atoms with Gasteiger partial charge in [-0.2, -0.15) is 4.31 Å². The fraction of sp³-hybridized carbons (Fsp3) is 0.611. The SMILES string of the molecule is CN1CCN(S(=O)(=O)c2cccc(C(=O)NCC(C)(C)N(C)C)c2)CC1. The van der Waals surface area contributed by atoms with Gasteiger partial charge in [-0.15, -0.1) is 0 Å². The first kappa shape index (κ1) is 20.8. The van der Waals surface area contributed by atoms with Gasteiger partial charge in [-0.1, -0.05) is 6.07 Å². The van der Waals surface area contributed by atoms with Crippen molar-refractivity contribution in [2.75, 3.05) is 53.9 Å². The molecule has 0 radical (unpaired) electrons. The molecule has 0 unspecified atom stereocenters. The van der Waals surface area contributed by atoms with Crippen LogP contribution in [0.1, 0.15) is 24.2 Å². The Morgan fingerprint density at radius 3 is 2.38 bits per heavy atom. The van der Waals surface area contributed by atoms with E-state index < -0.39 is 10.0 Å². The van der Waals surface area contributed by atoms with E-state index >= 15 is 0 Å². The summed E-state index contributed by atoms with van der Waals surface area (Å²) in [5.74, 6) is -0.268. The van der Waals surface area contributed by atoms with Crippen LogP contribution in [0.3, 0.4) is 0 Å². The number of benzene rings is 1. The lowest BCUT2D eigenvalue weighted by Gasteiger charge is -2.32. The zero-order valence-electron chi connectivity index (χ0n) is 16.3. The van der Waals surface area contributed by atoms with Gasteiger partial charge >= 0.3 is 0 Å². The number of hydrogen-bond acceptors (Lipinski definition) is 5. The van der Waals surface area contributed by atoms with E-state index in [1.165, 1.54) is 10.4 Å². The number of rotatable bonds is 6. The van der Waals surface area contributed by atoms with Gasteiger partial charge in [0, 0.05) is 43.8 Å². The van der Waals surface area contributed by atoms with Crippen LogP contribution in [0.15, 0.2) is 29.2 Å². The van der Waals surface area contributed by atoms with E-state index in [0.29, 0.717) is 38.3 Å². The lowest BCUT2D eigenvalue weighted by atomic mass is 10.0. The second-order valence-corrected chi connectivity index (χ2v) is 9.56. The largest absolute Gasteiger partial charge is 0.350 e. The van der Waals surface area contributed by atoms with Crippen LogP contribution in [0.4, 0.5) is 0 Å². The molecule has 7 nitrogen and oxygen atoms in total. The fourth-order valence-electron chi connectivity index (χ4n) is 2.53. The molecule has 1 aliphatic heterocycles. The van der Waals surface area contributed by atoms with E-state index in [0.717, 1.165) is 0 Å². The number of piperazine rings is 1. The number of nitrogens with one attached hydrogen (secondary N) is 1. The highest BCUT2D eigenvalue weighted by Crippen LogP contribution is 2.19. The molecule has 1 aromatic carbocycles. The van der Waals surface area contributed by atoms with Crippen molar-refractivity contribution in [2.45, 2.75) is 24.3 Å². The first-order chi connectivity index (χ1) is 12.0. The predicted octanol–water partition coefficient (Wildman–Crippen LogP) is 0.693. The third-order valence-electron chi connectivity index (χ3n) is 5.09. The second kappa shape index (κ2) is 8.04. The van der Waals surface area contributed by atoms with E-state index in [1.807, 2.05) is 39.9 Å². The number of carbonyl (C=O) groups excluding carboxylic acids is 1. The molecule has 0 aromatic heterocycles. The maximum absolute atomic E-state index is 12.8. The third-order valence-corrected chi connectivity index (χ3v) is 6.98. The lowest BCUT2D eigenvalue weighted by molar-refractivity contribution is 0.0919. The summed E-state index contributed by atoms with van der Waals surface area (Å²) in [6.07, 6.45) is 0. The Hall–Kier alpha value is -1.48. The minimum absolute atomic E-state index is 0.168. The Morgan fingerprint density at radius 2 is 1.81 bits per heavy atom. The second-order valence-electron chi connectivity index (χ2n) is 7.62. The number of carbonyl (C=O) groups is 1. The monoisotopic (exact) mass is 382 g/mol. The summed E-state index contributed by atoms with van der Waals surface area (Å²) in [5, 5.41) is 2.89. The van der Waals surface area contributed by atoms with Crippen LogP contribution in [-0.4, -0.2) is 87.8 Å². The molecule has 0 saturated carbocycles. The molecular weight excluding hydrogens is 352 g/mol. The lowest BCUT2D eigenvalue weighted by Crippen LogP contribution is -2.48. The predicted molar refractivity (Wildman–Crippen MR) is 103 cm³/mol. The van der Waals surface area contributed by atoms with Crippen LogP contribution < -0.4 is 5.32 Å². The topological polar surface area (TPSA) is 73.0 Å². The summed E-state index contributed by atoms with van der Waals surface area (Å²) in [6.45, 7) is 6.87. The summed E-state index contributed by atoms with van der Waals surface area (Å²) < 4.78 is 27.2. The summed E-state index contributed by atoms with van der Waals surface area (Å²) in [6, 6.07) is 6.27. The van der Waals surface area contributed by atoms with Gasteiger partial charge in [-0.25, -0.2) is 8.42 Å². The number of nitrogens with zero attached hydrogens (tertiary/aromatic N) is 3. The van der Waals surface area contributed by atoms with Gasteiger partial charge < -0.3 is 15.1 Å². The zero-order chi connectivity index (χ0) is 19.5. The number of hydrogen-bond donors (Lipinski definition) is 1. The van der Waals surface area contributed by atoms with Crippen LogP contribution >= 0.6 is 0 Å². The molecule has 1 amide bonds. The number of sulfonamides is 1. The zero-order valence-corrected chi connectivity index (χ0v) is 17.1. The molecule has 2 rings (SSSR count). The van der Waals surface area contributed by atoms with Gasteiger partial charge in [0.1, 0.15) is 0 Å². The van der Waals surface area contributed by atoms with Crippen LogP contribution in [0, 0.1) is 0 Å². The molecule has 1 fully saturated rings. The van der Waals surface area contributed by atoms with Gasteiger partial charge in [0.15, 0.2) is 0 Å². The van der Waals surface area contributed by atoms with E-state index in [2.05, 4.69) is 10.2 Å². The van der Waals surface area contributed by atoms with E-state index in [-0.39, 0.29) is 16.3 Å². The molecule has 1 N–H and O–H groups in total. The molecule has 0 aliphatic carbocycles. The molecule has 1 aliphatic rings. The molecular formula is C18H30N4O3S. The van der Waals surface area contributed by atoms with Crippen molar-refractivity contribution >= 4 is 15.9 Å². The maximum Gasteiger partial charge on any atom is 0.251 e. The maximum atomic E-state index is 12.8. The number of amides is 1. The highest BCUT2D eigenvalue weighted by molar-refractivity contribution is 7.89. The molecule has 0 atom stereocenters. The van der Waals surface area contributed by atoms with Crippen molar-refractivity contribution in [3.8, 4) is 0 Å². The van der Waals surface area contributed by atoms with Gasteiger partial charge in [-0.05, 0) is 53.2 Å². The molecule has 8 heteroatoms. The van der Waals surface area contributed by atoms with E-state index in [9.17, 15) is 13.2 Å². The van der Waals surface area contributed by atoms with Crippen molar-refractivity contribution in [3.63, 3.8) is 0 Å². The fourth-order valence-corrected chi connectivity index (χ4v) is 4.00. The molecule has 1 heterocycles. The van der Waals surface area contributed by atoms with Crippen LogP contribution in [0.25, 0.3) is 0 Å². The van der Waals surface area contributed by atoms with Crippen molar-refractivity contribution in [1.82, 2.24) is 19.4 Å². The summed E-state index contributed by atoms with van der Waals surface area (Å²) >= 11 is 0. The Bertz CT molecular complexity index is 739. The average molecular weight is 383 g/mol. The van der Waals surface area contributed by atoms with Gasteiger partial charge in [0.05, 0.1) is 4.90 Å². The first-order valence-electron chi connectivity index (χ1n) is 8.78. The standard InChI is InChI=1S/C18H30N4O3S/c1-18(2,20(3)4)14-19-17(23)15-7-6-8-16(13-15)26(24,25)22-11-9-21(5)10-12-22/h6-8,13H,9-12,14H2,1-5H3,(H,19,23). The Labute approximate surface area is 157 Å². The minimum atomic E-state index is -3.58. The Kier molecular flexibility index (Phi) is 6.44. The third kappa shape index (κ3) is 4.82. The van der Waals surface area contributed by atoms with Crippen molar-refractivity contribution < 1.29 is 13.2 Å². The highest BCUT2D eigenvalue weighted by Gasteiger charge is 2.28. The van der Waals surface area contributed by atoms with Gasteiger partial charge in [0.2, 0.25) is 10.0 Å². The average Bonchev–Trinajstić information content (AvgIpc) is 2.60. The van der Waals surface area contributed by atoms with Crippen molar-refractivity contribution in [3.05, 3.63) is 29.8 Å².